The van der Waals surface area contributed by atoms with E-state index in [4.69, 9.17) is 5.11 Å². The molecule has 2 amide bonds. The number of rotatable bonds is 6. The van der Waals surface area contributed by atoms with Gasteiger partial charge < -0.3 is 15.3 Å². The molecule has 0 aliphatic carbocycles. The summed E-state index contributed by atoms with van der Waals surface area (Å²) >= 11 is 0. The van der Waals surface area contributed by atoms with Gasteiger partial charge in [-0.2, -0.15) is 0 Å². The van der Waals surface area contributed by atoms with Gasteiger partial charge >= 0.3 is 5.97 Å². The van der Waals surface area contributed by atoms with Gasteiger partial charge in [0.25, 0.3) is 0 Å². The van der Waals surface area contributed by atoms with Gasteiger partial charge in [0.2, 0.25) is 11.8 Å². The van der Waals surface area contributed by atoms with Crippen LogP contribution < -0.4 is 10.2 Å². The average molecular weight is 336 g/mol. The number of carbonyl (C=O) groups excluding carboxylic acids is 2. The molecule has 1 heterocycles. The van der Waals surface area contributed by atoms with Crippen molar-refractivity contribution in [3.8, 4) is 0 Å². The first kappa shape index (κ1) is 17.9. The van der Waals surface area contributed by atoms with Crippen molar-refractivity contribution in [2.45, 2.75) is 26.7 Å². The van der Waals surface area contributed by atoms with Crippen LogP contribution in [0.15, 0.2) is 18.2 Å². The topological polar surface area (TPSA) is 86.7 Å². The molecule has 2 N–H and O–H groups in total. The molecule has 1 aromatic carbocycles. The summed E-state index contributed by atoms with van der Waals surface area (Å²) in [7, 11) is 0. The molecule has 1 saturated heterocycles. The van der Waals surface area contributed by atoms with Crippen LogP contribution >= 0.6 is 0 Å². The number of nitrogens with zero attached hydrogens (tertiary/aromatic N) is 1. The van der Waals surface area contributed by atoms with Gasteiger partial charge in [0.15, 0.2) is 0 Å². The van der Waals surface area contributed by atoms with E-state index in [9.17, 15) is 18.8 Å². The summed E-state index contributed by atoms with van der Waals surface area (Å²) < 4.78 is 13.3. The number of aliphatic carboxylic acids is 1. The number of benzene rings is 1. The third kappa shape index (κ3) is 4.31. The molecule has 1 aromatic rings. The number of aryl methyl sites for hydroxylation is 1. The Bertz CT molecular complexity index is 662. The highest BCUT2D eigenvalue weighted by molar-refractivity contribution is 6.00. The van der Waals surface area contributed by atoms with Crippen molar-refractivity contribution < 1.29 is 23.9 Å². The second kappa shape index (κ2) is 7.42. The molecule has 24 heavy (non-hydrogen) atoms. The third-order valence-electron chi connectivity index (χ3n) is 4.10. The number of carboxylic acid groups (broad SMARTS) is 1. The van der Waals surface area contributed by atoms with Crippen LogP contribution in [-0.2, 0) is 14.4 Å². The molecule has 2 unspecified atom stereocenters. The van der Waals surface area contributed by atoms with E-state index >= 15 is 0 Å². The molecular weight excluding hydrogens is 315 g/mol. The summed E-state index contributed by atoms with van der Waals surface area (Å²) in [6, 6.07) is 4.41. The van der Waals surface area contributed by atoms with Crippen LogP contribution in [0.2, 0.25) is 0 Å². The van der Waals surface area contributed by atoms with E-state index in [1.54, 1.807) is 19.9 Å². The maximum atomic E-state index is 13.3. The normalized spacial score (nSPS) is 18.5. The third-order valence-corrected chi connectivity index (χ3v) is 4.10. The predicted molar refractivity (Wildman–Crippen MR) is 86.0 cm³/mol. The zero-order chi connectivity index (χ0) is 17.9. The molecule has 0 aromatic heterocycles. The van der Waals surface area contributed by atoms with Crippen molar-refractivity contribution in [3.05, 3.63) is 29.6 Å². The molecule has 2 rings (SSSR count). The molecule has 130 valence electrons. The van der Waals surface area contributed by atoms with Gasteiger partial charge in [-0.15, -0.1) is 0 Å². The van der Waals surface area contributed by atoms with Gasteiger partial charge in [0, 0.05) is 31.6 Å². The van der Waals surface area contributed by atoms with E-state index in [1.807, 2.05) is 0 Å². The molecule has 1 fully saturated rings. The number of carbonyl (C=O) groups is 3. The van der Waals surface area contributed by atoms with Crippen molar-refractivity contribution in [2.24, 2.45) is 11.8 Å². The molecular formula is C17H21FN2O4. The van der Waals surface area contributed by atoms with Crippen LogP contribution in [0.1, 0.15) is 25.3 Å². The fourth-order valence-corrected chi connectivity index (χ4v) is 2.72. The van der Waals surface area contributed by atoms with Crippen LogP contribution in [0.4, 0.5) is 10.1 Å². The molecule has 7 heteroatoms. The molecule has 0 bridgehead atoms. The highest BCUT2D eigenvalue weighted by atomic mass is 19.1. The van der Waals surface area contributed by atoms with Gasteiger partial charge in [-0.1, -0.05) is 6.92 Å². The van der Waals surface area contributed by atoms with Gasteiger partial charge in [-0.3, -0.25) is 14.4 Å². The minimum absolute atomic E-state index is 0.0230. The van der Waals surface area contributed by atoms with Gasteiger partial charge in [0.1, 0.15) is 5.82 Å². The number of hydrogen-bond donors (Lipinski definition) is 2. The fraction of sp³-hybridized carbons (Fsp3) is 0.471. The van der Waals surface area contributed by atoms with Crippen molar-refractivity contribution in [1.82, 2.24) is 5.32 Å². The standard InChI is InChI=1S/C17H21FN2O4/c1-10(5-16(22)23)8-19-17(24)12-7-15(21)20(9-12)13-3-4-14(18)11(2)6-13/h3-4,6,10,12H,5,7-9H2,1-2H3,(H,19,24)(H,22,23). The highest BCUT2D eigenvalue weighted by Crippen LogP contribution is 2.26. The summed E-state index contributed by atoms with van der Waals surface area (Å²) in [4.78, 5) is 36.4. The summed E-state index contributed by atoms with van der Waals surface area (Å²) in [6.45, 7) is 3.85. The molecule has 6 nitrogen and oxygen atoms in total. The van der Waals surface area contributed by atoms with Crippen molar-refractivity contribution >= 4 is 23.5 Å². The molecule has 0 saturated carbocycles. The lowest BCUT2D eigenvalue weighted by Gasteiger charge is -2.18. The Hall–Kier alpha value is -2.44. The lowest BCUT2D eigenvalue weighted by molar-refractivity contribution is -0.138. The number of hydrogen-bond acceptors (Lipinski definition) is 3. The van der Waals surface area contributed by atoms with Crippen LogP contribution in [0, 0.1) is 24.6 Å². The molecule has 1 aliphatic heterocycles. The SMILES string of the molecule is Cc1cc(N2CC(C(=O)NCC(C)CC(=O)O)CC2=O)ccc1F. The molecule has 0 radical (unpaired) electrons. The van der Waals surface area contributed by atoms with E-state index in [2.05, 4.69) is 5.32 Å². The Morgan fingerprint density at radius 2 is 2.17 bits per heavy atom. The summed E-state index contributed by atoms with van der Waals surface area (Å²) in [5.74, 6) is -2.36. The van der Waals surface area contributed by atoms with E-state index in [1.165, 1.54) is 17.0 Å². The summed E-state index contributed by atoms with van der Waals surface area (Å²) in [5, 5.41) is 11.4. The first-order chi connectivity index (χ1) is 11.3. The first-order valence-corrected chi connectivity index (χ1v) is 7.84. The monoisotopic (exact) mass is 336 g/mol. The Kier molecular flexibility index (Phi) is 5.54. The van der Waals surface area contributed by atoms with Gasteiger partial charge in [0.05, 0.1) is 5.92 Å². The van der Waals surface area contributed by atoms with Crippen molar-refractivity contribution in [1.29, 1.82) is 0 Å². The van der Waals surface area contributed by atoms with Crippen molar-refractivity contribution in [2.75, 3.05) is 18.0 Å². The van der Waals surface area contributed by atoms with Crippen LogP contribution in [0.25, 0.3) is 0 Å². The van der Waals surface area contributed by atoms with Crippen molar-refractivity contribution in [3.63, 3.8) is 0 Å². The van der Waals surface area contributed by atoms with Crippen LogP contribution in [0.5, 0.6) is 0 Å². The van der Waals surface area contributed by atoms with E-state index < -0.39 is 11.9 Å². The lowest BCUT2D eigenvalue weighted by atomic mass is 10.1. The van der Waals surface area contributed by atoms with Gasteiger partial charge in [-0.05, 0) is 36.6 Å². The number of halogens is 1. The second-order valence-electron chi connectivity index (χ2n) is 6.29. The maximum Gasteiger partial charge on any atom is 0.303 e. The van der Waals surface area contributed by atoms with Crippen LogP contribution in [-0.4, -0.2) is 36.0 Å². The molecule has 2 atom stereocenters. The summed E-state index contributed by atoms with van der Waals surface area (Å²) in [5.41, 5.74) is 1.02. The highest BCUT2D eigenvalue weighted by Gasteiger charge is 2.35. The molecule has 1 aliphatic rings. The predicted octanol–water partition coefficient (Wildman–Crippen LogP) is 1.71. The minimum Gasteiger partial charge on any atom is -0.481 e. The minimum atomic E-state index is -0.911. The second-order valence-corrected chi connectivity index (χ2v) is 6.29. The van der Waals surface area contributed by atoms with E-state index in [0.29, 0.717) is 11.3 Å². The first-order valence-electron chi connectivity index (χ1n) is 7.84. The zero-order valence-corrected chi connectivity index (χ0v) is 13.7. The average Bonchev–Trinajstić information content (AvgIpc) is 2.89. The number of nitrogens with one attached hydrogen (secondary N) is 1. The number of amides is 2. The maximum absolute atomic E-state index is 13.3. The number of anilines is 1. The van der Waals surface area contributed by atoms with E-state index in [-0.39, 0.29) is 49.5 Å². The smallest absolute Gasteiger partial charge is 0.303 e. The largest absolute Gasteiger partial charge is 0.481 e. The fourth-order valence-electron chi connectivity index (χ4n) is 2.72. The Balaban J connectivity index is 1.95. The van der Waals surface area contributed by atoms with Gasteiger partial charge in [-0.25, -0.2) is 4.39 Å². The lowest BCUT2D eigenvalue weighted by Crippen LogP contribution is -2.35. The number of carboxylic acids is 1. The van der Waals surface area contributed by atoms with Crippen LogP contribution in [0.3, 0.4) is 0 Å². The zero-order valence-electron chi connectivity index (χ0n) is 13.7. The Morgan fingerprint density at radius 3 is 2.79 bits per heavy atom. The summed E-state index contributed by atoms with van der Waals surface area (Å²) in [6.07, 6.45) is 0.0699. The van der Waals surface area contributed by atoms with E-state index in [0.717, 1.165) is 0 Å². The quantitative estimate of drug-likeness (QED) is 0.828. The Labute approximate surface area is 139 Å². The Morgan fingerprint density at radius 1 is 1.46 bits per heavy atom. The molecule has 0 spiro atoms.